The maximum Gasteiger partial charge on any atom is 0.0195 e. The predicted molar refractivity (Wildman–Crippen MR) is 92.6 cm³/mol. The van der Waals surface area contributed by atoms with Gasteiger partial charge in [-0.05, 0) is 68.4 Å². The number of nitrogens with two attached hydrogens (primary N) is 1. The van der Waals surface area contributed by atoms with Crippen LogP contribution in [0, 0.1) is 25.2 Å². The van der Waals surface area contributed by atoms with Crippen molar-refractivity contribution in [3.8, 4) is 0 Å². The van der Waals surface area contributed by atoms with Crippen molar-refractivity contribution in [2.75, 3.05) is 0 Å². The lowest BCUT2D eigenvalue weighted by atomic mass is 9.75. The van der Waals surface area contributed by atoms with E-state index in [1.807, 2.05) is 0 Å². The Bertz CT molecular complexity index is 483. The molecule has 21 heavy (non-hydrogen) atoms. The van der Waals surface area contributed by atoms with Gasteiger partial charge in [0.1, 0.15) is 0 Å². The molecule has 1 nitrogen and oxygen atoms in total. The van der Waals surface area contributed by atoms with Gasteiger partial charge in [-0.2, -0.15) is 0 Å². The van der Waals surface area contributed by atoms with Gasteiger partial charge in [0.25, 0.3) is 0 Å². The highest BCUT2D eigenvalue weighted by atomic mass is 14.7. The van der Waals surface area contributed by atoms with E-state index in [-0.39, 0.29) is 5.54 Å². The minimum atomic E-state index is -0.00144. The fraction of sp³-hybridized carbons (Fsp3) is 0.700. The van der Waals surface area contributed by atoms with Crippen molar-refractivity contribution in [1.29, 1.82) is 0 Å². The third-order valence-electron chi connectivity index (χ3n) is 5.49. The summed E-state index contributed by atoms with van der Waals surface area (Å²) in [5.41, 5.74) is 11.4. The van der Waals surface area contributed by atoms with Gasteiger partial charge in [-0.25, -0.2) is 0 Å². The normalized spacial score (nSPS) is 27.4. The molecule has 2 N–H and O–H groups in total. The molecule has 1 saturated carbocycles. The monoisotopic (exact) mass is 287 g/mol. The summed E-state index contributed by atoms with van der Waals surface area (Å²) >= 11 is 0. The Kier molecular flexibility index (Phi) is 4.82. The quantitative estimate of drug-likeness (QED) is 0.746. The molecule has 0 aliphatic heterocycles. The molecule has 0 saturated heterocycles. The van der Waals surface area contributed by atoms with E-state index < -0.39 is 0 Å². The molecule has 0 amide bonds. The first kappa shape index (κ1) is 16.5. The Morgan fingerprint density at radius 2 is 1.86 bits per heavy atom. The van der Waals surface area contributed by atoms with Gasteiger partial charge in [0.05, 0.1) is 0 Å². The number of hydrogen-bond donors (Lipinski definition) is 1. The Balaban J connectivity index is 2.10. The summed E-state index contributed by atoms with van der Waals surface area (Å²) in [5.74, 6) is 0.821. The minimum Gasteiger partial charge on any atom is -0.325 e. The van der Waals surface area contributed by atoms with Gasteiger partial charge in [-0.1, -0.05) is 51.0 Å². The van der Waals surface area contributed by atoms with Crippen LogP contribution in [-0.2, 0) is 6.42 Å². The molecular weight excluding hydrogens is 254 g/mol. The molecule has 1 aromatic rings. The average molecular weight is 287 g/mol. The molecule has 1 aliphatic carbocycles. The molecule has 1 fully saturated rings. The molecule has 0 radical (unpaired) electrons. The van der Waals surface area contributed by atoms with Crippen LogP contribution in [0.15, 0.2) is 18.2 Å². The van der Waals surface area contributed by atoms with Crippen molar-refractivity contribution in [1.82, 2.24) is 0 Å². The van der Waals surface area contributed by atoms with E-state index in [1.165, 1.54) is 48.8 Å². The second-order valence-electron chi connectivity index (χ2n) is 8.46. The first-order valence-corrected chi connectivity index (χ1v) is 8.55. The smallest absolute Gasteiger partial charge is 0.0195 e. The molecule has 1 aliphatic rings. The summed E-state index contributed by atoms with van der Waals surface area (Å²) in [6.07, 6.45) is 7.29. The van der Waals surface area contributed by atoms with Crippen LogP contribution < -0.4 is 5.73 Å². The van der Waals surface area contributed by atoms with Crippen molar-refractivity contribution in [2.45, 2.75) is 78.7 Å². The van der Waals surface area contributed by atoms with E-state index >= 15 is 0 Å². The van der Waals surface area contributed by atoms with Crippen LogP contribution in [0.25, 0.3) is 0 Å². The zero-order chi connectivity index (χ0) is 15.7. The minimum absolute atomic E-state index is 0.00144. The van der Waals surface area contributed by atoms with Gasteiger partial charge < -0.3 is 5.73 Å². The van der Waals surface area contributed by atoms with E-state index in [0.717, 1.165) is 12.3 Å². The van der Waals surface area contributed by atoms with Gasteiger partial charge in [0.15, 0.2) is 0 Å². The lowest BCUT2D eigenvalue weighted by Crippen LogP contribution is -2.42. The van der Waals surface area contributed by atoms with Crippen molar-refractivity contribution in [3.05, 3.63) is 34.9 Å². The van der Waals surface area contributed by atoms with E-state index in [1.54, 1.807) is 0 Å². The maximum atomic E-state index is 6.82. The summed E-state index contributed by atoms with van der Waals surface area (Å²) in [6, 6.07) is 6.77. The van der Waals surface area contributed by atoms with Crippen LogP contribution in [0.2, 0.25) is 0 Å². The van der Waals surface area contributed by atoms with E-state index in [2.05, 4.69) is 52.8 Å². The SMILES string of the molecule is Cc1ccc(C)c(CC2(N)CCCC(C(C)(C)C)CC2)c1. The number of hydrogen-bond acceptors (Lipinski definition) is 1. The molecule has 0 bridgehead atoms. The highest BCUT2D eigenvalue weighted by Gasteiger charge is 2.33. The van der Waals surface area contributed by atoms with Crippen LogP contribution in [0.5, 0.6) is 0 Å². The predicted octanol–water partition coefficient (Wildman–Crippen LogP) is 5.17. The summed E-state index contributed by atoms with van der Waals surface area (Å²) < 4.78 is 0. The first-order chi connectivity index (χ1) is 9.70. The third-order valence-corrected chi connectivity index (χ3v) is 5.49. The molecular formula is C20H33N. The second kappa shape index (κ2) is 6.12. The van der Waals surface area contributed by atoms with Gasteiger partial charge in [0.2, 0.25) is 0 Å². The molecule has 0 spiro atoms. The Morgan fingerprint density at radius 3 is 2.52 bits per heavy atom. The van der Waals surface area contributed by atoms with Crippen molar-refractivity contribution in [3.63, 3.8) is 0 Å². The lowest BCUT2D eigenvalue weighted by Gasteiger charge is -2.32. The Morgan fingerprint density at radius 1 is 1.14 bits per heavy atom. The third kappa shape index (κ3) is 4.32. The molecule has 0 aromatic heterocycles. The average Bonchev–Trinajstić information content (AvgIpc) is 2.55. The van der Waals surface area contributed by atoms with Gasteiger partial charge in [0, 0.05) is 5.54 Å². The van der Waals surface area contributed by atoms with Crippen molar-refractivity contribution < 1.29 is 0 Å². The first-order valence-electron chi connectivity index (χ1n) is 8.55. The molecule has 2 unspecified atom stereocenters. The standard InChI is InChI=1S/C20H33N/c1-15-8-9-16(2)17(13-15)14-20(21)11-6-7-18(10-12-20)19(3,4)5/h8-9,13,18H,6-7,10-12,14,21H2,1-5H3. The zero-order valence-electron chi connectivity index (χ0n) is 14.6. The van der Waals surface area contributed by atoms with E-state index in [4.69, 9.17) is 5.73 Å². The summed E-state index contributed by atoms with van der Waals surface area (Å²) in [4.78, 5) is 0. The number of benzene rings is 1. The van der Waals surface area contributed by atoms with Gasteiger partial charge in [-0.15, -0.1) is 0 Å². The van der Waals surface area contributed by atoms with Gasteiger partial charge >= 0.3 is 0 Å². The summed E-state index contributed by atoms with van der Waals surface area (Å²) in [6.45, 7) is 11.5. The number of rotatable bonds is 2. The highest BCUT2D eigenvalue weighted by molar-refractivity contribution is 5.32. The summed E-state index contributed by atoms with van der Waals surface area (Å²) in [7, 11) is 0. The molecule has 118 valence electrons. The Labute approximate surface area is 131 Å². The van der Waals surface area contributed by atoms with Crippen molar-refractivity contribution >= 4 is 0 Å². The molecule has 2 atom stereocenters. The van der Waals surface area contributed by atoms with E-state index in [9.17, 15) is 0 Å². The van der Waals surface area contributed by atoms with Crippen LogP contribution in [-0.4, -0.2) is 5.54 Å². The van der Waals surface area contributed by atoms with Crippen molar-refractivity contribution in [2.24, 2.45) is 17.1 Å². The van der Waals surface area contributed by atoms with Crippen LogP contribution in [0.3, 0.4) is 0 Å². The van der Waals surface area contributed by atoms with Gasteiger partial charge in [-0.3, -0.25) is 0 Å². The highest BCUT2D eigenvalue weighted by Crippen LogP contribution is 2.40. The topological polar surface area (TPSA) is 26.0 Å². The lowest BCUT2D eigenvalue weighted by molar-refractivity contribution is 0.210. The van der Waals surface area contributed by atoms with Crippen LogP contribution >= 0.6 is 0 Å². The molecule has 1 aromatic carbocycles. The van der Waals surface area contributed by atoms with Crippen LogP contribution in [0.1, 0.15) is 69.6 Å². The molecule has 2 rings (SSSR count). The Hall–Kier alpha value is -0.820. The van der Waals surface area contributed by atoms with E-state index in [0.29, 0.717) is 5.41 Å². The zero-order valence-corrected chi connectivity index (χ0v) is 14.6. The van der Waals surface area contributed by atoms with Crippen LogP contribution in [0.4, 0.5) is 0 Å². The second-order valence-corrected chi connectivity index (χ2v) is 8.46. The fourth-order valence-electron chi connectivity index (χ4n) is 3.84. The molecule has 0 heterocycles. The fourth-order valence-corrected chi connectivity index (χ4v) is 3.84. The molecule has 1 heteroatoms. The summed E-state index contributed by atoms with van der Waals surface area (Å²) in [5, 5.41) is 0. The largest absolute Gasteiger partial charge is 0.325 e. The maximum absolute atomic E-state index is 6.82. The number of aryl methyl sites for hydroxylation is 2.